The maximum Gasteiger partial charge on any atom is 0.328 e. The minimum absolute atomic E-state index is 0.443. The molecule has 4 rings (SSSR count). The molecule has 118 valence electrons. The second-order valence-corrected chi connectivity index (χ2v) is 7.45. The Labute approximate surface area is 125 Å². The number of carbonyl (C=O) groups is 2. The van der Waals surface area contributed by atoms with Crippen molar-refractivity contribution in [3.05, 3.63) is 0 Å². The number of fused-ring (bicyclic) bond motifs is 2. The van der Waals surface area contributed by atoms with Gasteiger partial charge in [0.15, 0.2) is 5.41 Å². The molecular weight excluding hydrogens is 272 g/mol. The Morgan fingerprint density at radius 2 is 1.86 bits per heavy atom. The lowest BCUT2D eigenvalue weighted by atomic mass is 9.60. The van der Waals surface area contributed by atoms with Gasteiger partial charge in [-0.1, -0.05) is 19.3 Å². The van der Waals surface area contributed by atoms with E-state index >= 15 is 0 Å². The third-order valence-corrected chi connectivity index (χ3v) is 4.89. The predicted octanol–water partition coefficient (Wildman–Crippen LogP) is 2.71. The third kappa shape index (κ3) is 2.17. The lowest BCUT2D eigenvalue weighted by molar-refractivity contribution is -0.322. The summed E-state index contributed by atoms with van der Waals surface area (Å²) in [4.78, 5) is 25.4. The standard InChI is InChI=1S/C16H24O5/c1-14(2,3)21-13(18)16-10-7-11(19-12(16)17)20-15(16)8-5-4-6-9-15/h11H,4-10H2,1-3H3/t11-,16+/m1/s1. The second kappa shape index (κ2) is 4.70. The van der Waals surface area contributed by atoms with Crippen LogP contribution in [0.5, 0.6) is 0 Å². The molecule has 3 aliphatic heterocycles. The Kier molecular flexibility index (Phi) is 3.32. The first-order chi connectivity index (χ1) is 9.79. The highest BCUT2D eigenvalue weighted by atomic mass is 16.7. The van der Waals surface area contributed by atoms with Gasteiger partial charge in [-0.2, -0.15) is 0 Å². The van der Waals surface area contributed by atoms with Crippen LogP contribution in [-0.2, 0) is 23.8 Å². The summed E-state index contributed by atoms with van der Waals surface area (Å²) in [5, 5.41) is 0. The molecule has 3 saturated heterocycles. The van der Waals surface area contributed by atoms with Crippen LogP contribution in [0.2, 0.25) is 0 Å². The Balaban J connectivity index is 2.00. The molecule has 3 heterocycles. The maximum atomic E-state index is 12.9. The van der Waals surface area contributed by atoms with Gasteiger partial charge in [0.2, 0.25) is 6.29 Å². The van der Waals surface area contributed by atoms with Crippen molar-refractivity contribution in [1.29, 1.82) is 0 Å². The summed E-state index contributed by atoms with van der Waals surface area (Å²) in [7, 11) is 0. The van der Waals surface area contributed by atoms with Gasteiger partial charge < -0.3 is 14.2 Å². The van der Waals surface area contributed by atoms with Crippen molar-refractivity contribution >= 4 is 11.9 Å². The van der Waals surface area contributed by atoms with E-state index in [-0.39, 0.29) is 0 Å². The zero-order chi connectivity index (χ0) is 15.3. The molecule has 1 aliphatic carbocycles. The third-order valence-electron chi connectivity index (χ3n) is 4.89. The van der Waals surface area contributed by atoms with Crippen molar-refractivity contribution in [3.63, 3.8) is 0 Å². The molecule has 0 N–H and O–H groups in total. The quantitative estimate of drug-likeness (QED) is 0.550. The number of carbonyl (C=O) groups excluding carboxylic acids is 2. The molecule has 1 saturated carbocycles. The maximum absolute atomic E-state index is 12.9. The Bertz CT molecular complexity index is 458. The van der Waals surface area contributed by atoms with Gasteiger partial charge in [-0.25, -0.2) is 0 Å². The summed E-state index contributed by atoms with van der Waals surface area (Å²) in [6.45, 7) is 5.45. The Morgan fingerprint density at radius 1 is 1.19 bits per heavy atom. The minimum Gasteiger partial charge on any atom is -0.459 e. The molecule has 0 aromatic rings. The molecule has 1 spiro atoms. The molecule has 4 fully saturated rings. The highest BCUT2D eigenvalue weighted by Crippen LogP contribution is 2.57. The normalized spacial score (nSPS) is 34.6. The first-order valence-electron chi connectivity index (χ1n) is 7.92. The van der Waals surface area contributed by atoms with Crippen molar-refractivity contribution < 1.29 is 23.8 Å². The van der Waals surface area contributed by atoms with E-state index in [9.17, 15) is 9.59 Å². The van der Waals surface area contributed by atoms with Crippen molar-refractivity contribution in [1.82, 2.24) is 0 Å². The molecule has 0 radical (unpaired) electrons. The summed E-state index contributed by atoms with van der Waals surface area (Å²) in [5.41, 5.74) is -2.61. The molecule has 4 aliphatic rings. The monoisotopic (exact) mass is 296 g/mol. The fourth-order valence-corrected chi connectivity index (χ4v) is 3.97. The first kappa shape index (κ1) is 14.8. The number of hydrogen-bond donors (Lipinski definition) is 0. The molecule has 0 aromatic carbocycles. The van der Waals surface area contributed by atoms with Crippen LogP contribution in [0.25, 0.3) is 0 Å². The largest absolute Gasteiger partial charge is 0.459 e. The van der Waals surface area contributed by atoms with E-state index in [0.29, 0.717) is 12.8 Å². The van der Waals surface area contributed by atoms with Crippen LogP contribution in [-0.4, -0.2) is 29.4 Å². The van der Waals surface area contributed by atoms with Crippen LogP contribution >= 0.6 is 0 Å². The summed E-state index contributed by atoms with van der Waals surface area (Å²) in [5.74, 6) is -0.916. The molecule has 0 aromatic heterocycles. The van der Waals surface area contributed by atoms with Crippen LogP contribution in [0.4, 0.5) is 0 Å². The van der Waals surface area contributed by atoms with Gasteiger partial charge in [0, 0.05) is 6.42 Å². The van der Waals surface area contributed by atoms with Crippen LogP contribution < -0.4 is 0 Å². The predicted molar refractivity (Wildman–Crippen MR) is 74.3 cm³/mol. The fourth-order valence-electron chi connectivity index (χ4n) is 3.97. The molecule has 0 amide bonds. The van der Waals surface area contributed by atoms with E-state index in [1.165, 1.54) is 0 Å². The highest BCUT2D eigenvalue weighted by Gasteiger charge is 2.71. The van der Waals surface area contributed by atoms with E-state index in [4.69, 9.17) is 14.2 Å². The zero-order valence-electron chi connectivity index (χ0n) is 13.1. The van der Waals surface area contributed by atoms with E-state index in [2.05, 4.69) is 0 Å². The summed E-state index contributed by atoms with van der Waals surface area (Å²) in [6.07, 6.45) is 5.11. The minimum atomic E-state index is -1.27. The Hall–Kier alpha value is -1.10. The molecule has 2 atom stereocenters. The van der Waals surface area contributed by atoms with Gasteiger partial charge in [0.25, 0.3) is 0 Å². The van der Waals surface area contributed by atoms with Crippen molar-refractivity contribution in [3.8, 4) is 0 Å². The van der Waals surface area contributed by atoms with Crippen molar-refractivity contribution in [2.45, 2.75) is 83.2 Å². The summed E-state index contributed by atoms with van der Waals surface area (Å²) >= 11 is 0. The lowest BCUT2D eigenvalue weighted by Gasteiger charge is -2.57. The van der Waals surface area contributed by atoms with Gasteiger partial charge in [-0.05, 0) is 40.0 Å². The van der Waals surface area contributed by atoms with E-state index in [1.807, 2.05) is 20.8 Å². The topological polar surface area (TPSA) is 61.8 Å². The molecule has 2 bridgehead atoms. The number of hydrogen-bond acceptors (Lipinski definition) is 5. The zero-order valence-corrected chi connectivity index (χ0v) is 13.1. The van der Waals surface area contributed by atoms with Crippen molar-refractivity contribution in [2.75, 3.05) is 0 Å². The summed E-state index contributed by atoms with van der Waals surface area (Å²) < 4.78 is 16.9. The van der Waals surface area contributed by atoms with Gasteiger partial charge in [0.1, 0.15) is 5.60 Å². The van der Waals surface area contributed by atoms with Gasteiger partial charge >= 0.3 is 11.9 Å². The molecule has 5 nitrogen and oxygen atoms in total. The number of ether oxygens (including phenoxy) is 3. The van der Waals surface area contributed by atoms with Crippen LogP contribution in [0.1, 0.15) is 65.7 Å². The highest BCUT2D eigenvalue weighted by molar-refractivity contribution is 6.02. The van der Waals surface area contributed by atoms with Crippen LogP contribution in [0.15, 0.2) is 0 Å². The average molecular weight is 296 g/mol. The second-order valence-electron chi connectivity index (χ2n) is 7.45. The molecule has 21 heavy (non-hydrogen) atoms. The Morgan fingerprint density at radius 3 is 2.43 bits per heavy atom. The number of rotatable bonds is 1. The molecular formula is C16H24O5. The van der Waals surface area contributed by atoms with Gasteiger partial charge in [-0.15, -0.1) is 0 Å². The molecule has 5 heteroatoms. The number of esters is 2. The fraction of sp³-hybridized carbons (Fsp3) is 0.875. The van der Waals surface area contributed by atoms with Crippen LogP contribution in [0.3, 0.4) is 0 Å². The molecule has 0 unspecified atom stereocenters. The van der Waals surface area contributed by atoms with E-state index < -0.39 is 34.8 Å². The SMILES string of the molecule is CC(C)(C)OC(=O)[C@]12CC[C@H](OC1=O)OC21CCCCC1. The first-order valence-corrected chi connectivity index (χ1v) is 7.92. The van der Waals surface area contributed by atoms with Gasteiger partial charge in [-0.3, -0.25) is 9.59 Å². The van der Waals surface area contributed by atoms with Gasteiger partial charge in [0.05, 0.1) is 5.60 Å². The van der Waals surface area contributed by atoms with E-state index in [0.717, 1.165) is 32.1 Å². The van der Waals surface area contributed by atoms with Crippen molar-refractivity contribution in [2.24, 2.45) is 5.41 Å². The smallest absolute Gasteiger partial charge is 0.328 e. The average Bonchev–Trinajstić information content (AvgIpc) is 2.37. The van der Waals surface area contributed by atoms with E-state index in [1.54, 1.807) is 0 Å². The lowest BCUT2D eigenvalue weighted by Crippen LogP contribution is -2.69. The summed E-state index contributed by atoms with van der Waals surface area (Å²) in [6, 6.07) is 0. The van der Waals surface area contributed by atoms with Crippen LogP contribution in [0, 0.1) is 5.41 Å².